The monoisotopic (exact) mass is 348 g/mol. The van der Waals surface area contributed by atoms with E-state index in [0.717, 1.165) is 15.2 Å². The van der Waals surface area contributed by atoms with E-state index in [1.807, 2.05) is 13.0 Å². The van der Waals surface area contributed by atoms with Crippen molar-refractivity contribution in [2.45, 2.75) is 38.8 Å². The number of fused-ring (bicyclic) bond motifs is 1. The third-order valence-electron chi connectivity index (χ3n) is 3.91. The molecule has 0 spiro atoms. The summed E-state index contributed by atoms with van der Waals surface area (Å²) < 4.78 is 26.9. The van der Waals surface area contributed by atoms with E-state index in [1.165, 1.54) is 6.07 Å². The van der Waals surface area contributed by atoms with E-state index in [2.05, 4.69) is 15.7 Å². The Kier molecular flexibility index (Phi) is 4.18. The molecule has 8 heteroatoms. The van der Waals surface area contributed by atoms with Gasteiger partial charge in [0, 0.05) is 24.6 Å². The van der Waals surface area contributed by atoms with E-state index in [4.69, 9.17) is 0 Å². The van der Waals surface area contributed by atoms with Crippen LogP contribution in [-0.4, -0.2) is 23.5 Å². The van der Waals surface area contributed by atoms with E-state index in [0.29, 0.717) is 18.8 Å². The Balaban J connectivity index is 2.12. The highest BCUT2D eigenvalue weighted by atomic mass is 32.2. The van der Waals surface area contributed by atoms with Gasteiger partial charge in [0.05, 0.1) is 10.6 Å². The first-order valence-electron chi connectivity index (χ1n) is 7.75. The highest BCUT2D eigenvalue weighted by Crippen LogP contribution is 2.28. The van der Waals surface area contributed by atoms with Gasteiger partial charge in [0.15, 0.2) is 5.82 Å². The summed E-state index contributed by atoms with van der Waals surface area (Å²) in [6.07, 6.45) is 0. The quantitative estimate of drug-likeness (QED) is 0.876. The SMILES string of the molecule is Cc1cccc(S(=O)(=O)n2nc3c(c2NC(=O)C(C)C)CNC3)c1. The highest BCUT2D eigenvalue weighted by molar-refractivity contribution is 7.90. The third-order valence-corrected chi connectivity index (χ3v) is 5.48. The molecule has 0 unspecified atom stereocenters. The molecule has 24 heavy (non-hydrogen) atoms. The van der Waals surface area contributed by atoms with Crippen LogP contribution in [0.5, 0.6) is 0 Å². The number of hydrogen-bond acceptors (Lipinski definition) is 5. The van der Waals surface area contributed by atoms with Gasteiger partial charge in [-0.3, -0.25) is 4.79 Å². The van der Waals surface area contributed by atoms with Crippen LogP contribution >= 0.6 is 0 Å². The van der Waals surface area contributed by atoms with Crippen molar-refractivity contribution in [2.24, 2.45) is 5.92 Å². The lowest BCUT2D eigenvalue weighted by molar-refractivity contribution is -0.118. The summed E-state index contributed by atoms with van der Waals surface area (Å²) in [5.74, 6) is -0.277. The molecule has 0 bridgehead atoms. The van der Waals surface area contributed by atoms with Crippen LogP contribution in [0.3, 0.4) is 0 Å². The van der Waals surface area contributed by atoms with Crippen LogP contribution in [0.4, 0.5) is 5.82 Å². The zero-order chi connectivity index (χ0) is 17.5. The molecule has 1 aromatic carbocycles. The second-order valence-corrected chi connectivity index (χ2v) is 7.95. The number of amides is 1. The Morgan fingerprint density at radius 3 is 2.75 bits per heavy atom. The van der Waals surface area contributed by atoms with Gasteiger partial charge in [-0.15, -0.1) is 4.09 Å². The zero-order valence-electron chi connectivity index (χ0n) is 13.8. The van der Waals surface area contributed by atoms with Gasteiger partial charge >= 0.3 is 0 Å². The molecule has 3 rings (SSSR count). The van der Waals surface area contributed by atoms with E-state index >= 15 is 0 Å². The Labute approximate surface area is 141 Å². The number of nitrogens with one attached hydrogen (secondary N) is 2. The number of nitrogens with zero attached hydrogens (tertiary/aromatic N) is 2. The number of aromatic nitrogens is 2. The van der Waals surface area contributed by atoms with Crippen molar-refractivity contribution < 1.29 is 13.2 Å². The van der Waals surface area contributed by atoms with Crippen LogP contribution in [0, 0.1) is 12.8 Å². The molecule has 1 aliphatic heterocycles. The molecule has 0 atom stereocenters. The molecule has 0 fully saturated rings. The van der Waals surface area contributed by atoms with Crippen molar-refractivity contribution in [3.05, 3.63) is 41.1 Å². The fourth-order valence-corrected chi connectivity index (χ4v) is 3.93. The third kappa shape index (κ3) is 2.83. The normalized spacial score (nSPS) is 14.0. The first-order chi connectivity index (χ1) is 11.3. The van der Waals surface area contributed by atoms with Gasteiger partial charge in [0.2, 0.25) is 5.91 Å². The molecule has 0 aliphatic carbocycles. The molecule has 2 heterocycles. The van der Waals surface area contributed by atoms with Gasteiger partial charge in [-0.25, -0.2) is 0 Å². The summed E-state index contributed by atoms with van der Waals surface area (Å²) in [7, 11) is -3.88. The minimum atomic E-state index is -3.88. The predicted octanol–water partition coefficient (Wildman–Crippen LogP) is 1.63. The summed E-state index contributed by atoms with van der Waals surface area (Å²) in [5, 5.41) is 10.1. The van der Waals surface area contributed by atoms with E-state index in [-0.39, 0.29) is 22.5 Å². The maximum atomic E-state index is 13.0. The van der Waals surface area contributed by atoms with Gasteiger partial charge in [-0.1, -0.05) is 26.0 Å². The fourth-order valence-electron chi connectivity index (χ4n) is 2.54. The average molecular weight is 348 g/mol. The maximum Gasteiger partial charge on any atom is 0.284 e. The van der Waals surface area contributed by atoms with Gasteiger partial charge in [-0.2, -0.15) is 13.5 Å². The van der Waals surface area contributed by atoms with Crippen molar-refractivity contribution in [1.82, 2.24) is 14.5 Å². The zero-order valence-corrected chi connectivity index (χ0v) is 14.6. The summed E-state index contributed by atoms with van der Waals surface area (Å²) in [4.78, 5) is 12.3. The topological polar surface area (TPSA) is 93.1 Å². The standard InChI is InChI=1S/C16H20N4O3S/c1-10(2)16(21)18-15-13-8-17-9-14(13)19-20(15)24(22,23)12-6-4-5-11(3)7-12/h4-7,10,17H,8-9H2,1-3H3,(H,18,21). The summed E-state index contributed by atoms with van der Waals surface area (Å²) in [6.45, 7) is 6.29. The van der Waals surface area contributed by atoms with Gasteiger partial charge in [0.1, 0.15) is 0 Å². The minimum Gasteiger partial charge on any atom is -0.309 e. The molecule has 2 N–H and O–H groups in total. The van der Waals surface area contributed by atoms with E-state index in [1.54, 1.807) is 26.0 Å². The lowest BCUT2D eigenvalue weighted by Crippen LogP contribution is -2.25. The Morgan fingerprint density at radius 2 is 2.08 bits per heavy atom. The summed E-state index contributed by atoms with van der Waals surface area (Å²) in [5.41, 5.74) is 2.20. The first kappa shape index (κ1) is 16.7. The largest absolute Gasteiger partial charge is 0.309 e. The van der Waals surface area contributed by atoms with Crippen molar-refractivity contribution in [3.8, 4) is 0 Å². The van der Waals surface area contributed by atoms with Crippen LogP contribution in [0.15, 0.2) is 29.2 Å². The van der Waals surface area contributed by atoms with Gasteiger partial charge in [0.25, 0.3) is 10.0 Å². The summed E-state index contributed by atoms with van der Waals surface area (Å²) in [6, 6.07) is 6.64. The van der Waals surface area contributed by atoms with E-state index < -0.39 is 10.0 Å². The lowest BCUT2D eigenvalue weighted by atomic mass is 10.2. The number of rotatable bonds is 4. The van der Waals surface area contributed by atoms with Crippen LogP contribution in [-0.2, 0) is 27.9 Å². The number of carbonyl (C=O) groups excluding carboxylic acids is 1. The van der Waals surface area contributed by atoms with Gasteiger partial charge in [-0.05, 0) is 24.6 Å². The van der Waals surface area contributed by atoms with Crippen LogP contribution in [0.1, 0.15) is 30.7 Å². The molecule has 1 amide bonds. The molecule has 1 aliphatic rings. The van der Waals surface area contributed by atoms with Crippen LogP contribution in [0.25, 0.3) is 0 Å². The number of anilines is 1. The van der Waals surface area contributed by atoms with Crippen molar-refractivity contribution in [1.29, 1.82) is 0 Å². The van der Waals surface area contributed by atoms with Crippen LogP contribution < -0.4 is 10.6 Å². The molecular formula is C16H20N4O3S. The Hall–Kier alpha value is -2.19. The van der Waals surface area contributed by atoms with Crippen LogP contribution in [0.2, 0.25) is 0 Å². The second kappa shape index (κ2) is 6.03. The maximum absolute atomic E-state index is 13.0. The molecule has 2 aromatic rings. The predicted molar refractivity (Wildman–Crippen MR) is 90.0 cm³/mol. The first-order valence-corrected chi connectivity index (χ1v) is 9.19. The van der Waals surface area contributed by atoms with Crippen molar-refractivity contribution in [3.63, 3.8) is 0 Å². The minimum absolute atomic E-state index is 0.150. The molecule has 128 valence electrons. The van der Waals surface area contributed by atoms with Gasteiger partial charge < -0.3 is 10.6 Å². The van der Waals surface area contributed by atoms with Crippen molar-refractivity contribution in [2.75, 3.05) is 5.32 Å². The Bertz CT molecular complexity index is 900. The molecule has 0 radical (unpaired) electrons. The number of benzene rings is 1. The molecule has 0 saturated carbocycles. The molecule has 7 nitrogen and oxygen atoms in total. The highest BCUT2D eigenvalue weighted by Gasteiger charge is 2.30. The molecular weight excluding hydrogens is 328 g/mol. The number of hydrogen-bond donors (Lipinski definition) is 2. The Morgan fingerprint density at radius 1 is 1.33 bits per heavy atom. The average Bonchev–Trinajstić information content (AvgIpc) is 3.10. The second-order valence-electron chi connectivity index (χ2n) is 6.19. The molecule has 1 aromatic heterocycles. The lowest BCUT2D eigenvalue weighted by Gasteiger charge is -2.13. The smallest absolute Gasteiger partial charge is 0.284 e. The van der Waals surface area contributed by atoms with E-state index in [9.17, 15) is 13.2 Å². The number of carbonyl (C=O) groups is 1. The molecule has 0 saturated heterocycles. The van der Waals surface area contributed by atoms with Crippen molar-refractivity contribution >= 4 is 21.7 Å². The summed E-state index contributed by atoms with van der Waals surface area (Å²) >= 11 is 0. The fraction of sp³-hybridized carbons (Fsp3) is 0.375. The number of aryl methyl sites for hydroxylation is 1.